The van der Waals surface area contributed by atoms with Crippen molar-refractivity contribution in [2.24, 2.45) is 0 Å². The van der Waals surface area contributed by atoms with Crippen molar-refractivity contribution in [2.75, 3.05) is 42.7 Å². The van der Waals surface area contributed by atoms with E-state index in [0.717, 1.165) is 22.3 Å². The van der Waals surface area contributed by atoms with E-state index < -0.39 is 10.0 Å². The normalized spacial score (nSPS) is 15.8. The van der Waals surface area contributed by atoms with Crippen LogP contribution in [0.1, 0.15) is 0 Å². The summed E-state index contributed by atoms with van der Waals surface area (Å²) in [5.41, 5.74) is 2.88. The van der Waals surface area contributed by atoms with Gasteiger partial charge < -0.3 is 10.2 Å². The lowest BCUT2D eigenvalue weighted by Crippen LogP contribution is -2.48. The first-order chi connectivity index (χ1) is 13.0. The molecule has 1 N–H and O–H groups in total. The maximum absolute atomic E-state index is 11.6. The summed E-state index contributed by atoms with van der Waals surface area (Å²) in [6.45, 7) is 2.41. The minimum absolute atomic E-state index is 0.518. The molecule has 1 saturated heterocycles. The van der Waals surface area contributed by atoms with Crippen LogP contribution in [0, 0.1) is 0 Å². The molecule has 0 unspecified atom stereocenters. The number of anilines is 3. The third-order valence-corrected chi connectivity index (χ3v) is 5.99. The van der Waals surface area contributed by atoms with Crippen LogP contribution in [-0.2, 0) is 10.0 Å². The van der Waals surface area contributed by atoms with Crippen LogP contribution in [0.4, 0.5) is 17.3 Å². The number of sulfonamides is 1. The van der Waals surface area contributed by atoms with E-state index in [0.29, 0.717) is 32.1 Å². The molecule has 0 saturated carbocycles. The SMILES string of the molecule is CS(=O)(=O)N1CCN(c2ccc(Nc3ncc4ccccc4n3)cc2)CC1. The molecule has 1 aliphatic rings. The Morgan fingerprint density at radius 2 is 1.67 bits per heavy atom. The number of aromatic nitrogens is 2. The number of hydrogen-bond acceptors (Lipinski definition) is 6. The molecule has 4 rings (SSSR count). The van der Waals surface area contributed by atoms with Crippen molar-refractivity contribution in [3.63, 3.8) is 0 Å². The predicted octanol–water partition coefficient (Wildman–Crippen LogP) is 2.46. The van der Waals surface area contributed by atoms with Gasteiger partial charge in [-0.05, 0) is 30.3 Å². The van der Waals surface area contributed by atoms with Crippen LogP contribution in [0.5, 0.6) is 0 Å². The fraction of sp³-hybridized carbons (Fsp3) is 0.263. The molecule has 1 aliphatic heterocycles. The Hall–Kier alpha value is -2.71. The molecule has 0 radical (unpaired) electrons. The van der Waals surface area contributed by atoms with Crippen LogP contribution in [0.3, 0.4) is 0 Å². The Kier molecular flexibility index (Phi) is 4.67. The molecule has 0 spiro atoms. The second kappa shape index (κ2) is 7.13. The van der Waals surface area contributed by atoms with Gasteiger partial charge in [0.25, 0.3) is 0 Å². The summed E-state index contributed by atoms with van der Waals surface area (Å²) in [4.78, 5) is 11.1. The molecule has 140 valence electrons. The number of nitrogens with zero attached hydrogens (tertiary/aromatic N) is 4. The summed E-state index contributed by atoms with van der Waals surface area (Å²) in [5.74, 6) is 0.559. The van der Waals surface area contributed by atoms with Gasteiger partial charge in [-0.1, -0.05) is 18.2 Å². The van der Waals surface area contributed by atoms with E-state index in [9.17, 15) is 8.42 Å². The summed E-state index contributed by atoms with van der Waals surface area (Å²) in [6.07, 6.45) is 3.07. The summed E-state index contributed by atoms with van der Waals surface area (Å²) in [5, 5.41) is 4.23. The quantitative estimate of drug-likeness (QED) is 0.746. The summed E-state index contributed by atoms with van der Waals surface area (Å²) >= 11 is 0. The van der Waals surface area contributed by atoms with Gasteiger partial charge in [0.05, 0.1) is 11.8 Å². The first-order valence-electron chi connectivity index (χ1n) is 8.78. The van der Waals surface area contributed by atoms with Crippen molar-refractivity contribution >= 4 is 38.2 Å². The zero-order valence-electron chi connectivity index (χ0n) is 15.0. The highest BCUT2D eigenvalue weighted by Gasteiger charge is 2.23. The molecule has 1 aromatic heterocycles. The summed E-state index contributed by atoms with van der Waals surface area (Å²) in [7, 11) is -3.11. The smallest absolute Gasteiger partial charge is 0.227 e. The number of nitrogens with one attached hydrogen (secondary N) is 1. The van der Waals surface area contributed by atoms with Gasteiger partial charge in [-0.2, -0.15) is 4.31 Å². The number of hydrogen-bond donors (Lipinski definition) is 1. The third kappa shape index (κ3) is 4.01. The molecule has 2 aromatic carbocycles. The first-order valence-corrected chi connectivity index (χ1v) is 10.6. The molecule has 0 atom stereocenters. The predicted molar refractivity (Wildman–Crippen MR) is 108 cm³/mol. The zero-order valence-corrected chi connectivity index (χ0v) is 15.9. The number of benzene rings is 2. The Labute approximate surface area is 158 Å². The molecular formula is C19H21N5O2S. The Morgan fingerprint density at radius 3 is 2.37 bits per heavy atom. The Bertz CT molecular complexity index is 1050. The van der Waals surface area contributed by atoms with E-state index in [1.54, 1.807) is 6.20 Å². The fourth-order valence-electron chi connectivity index (χ4n) is 3.20. The van der Waals surface area contributed by atoms with Crippen molar-refractivity contribution in [2.45, 2.75) is 0 Å². The van der Waals surface area contributed by atoms with Crippen LogP contribution < -0.4 is 10.2 Å². The lowest BCUT2D eigenvalue weighted by Gasteiger charge is -2.34. The molecule has 1 fully saturated rings. The van der Waals surface area contributed by atoms with Crippen molar-refractivity contribution in [1.82, 2.24) is 14.3 Å². The maximum Gasteiger partial charge on any atom is 0.227 e. The van der Waals surface area contributed by atoms with Gasteiger partial charge in [0.15, 0.2) is 0 Å². The van der Waals surface area contributed by atoms with Crippen LogP contribution in [-0.4, -0.2) is 55.1 Å². The summed E-state index contributed by atoms with van der Waals surface area (Å²) < 4.78 is 24.8. The minimum Gasteiger partial charge on any atom is -0.369 e. The fourth-order valence-corrected chi connectivity index (χ4v) is 4.02. The highest BCUT2D eigenvalue weighted by molar-refractivity contribution is 7.88. The lowest BCUT2D eigenvalue weighted by atomic mass is 10.2. The van der Waals surface area contributed by atoms with Gasteiger partial charge in [-0.25, -0.2) is 18.4 Å². The third-order valence-electron chi connectivity index (χ3n) is 4.69. The standard InChI is InChI=1S/C19H21N5O2S/c1-27(25,26)24-12-10-23(11-13-24)17-8-6-16(7-9-17)21-19-20-14-15-4-2-3-5-18(15)22-19/h2-9,14H,10-13H2,1H3,(H,20,21,22). The Morgan fingerprint density at radius 1 is 0.963 bits per heavy atom. The van der Waals surface area contributed by atoms with Crippen LogP contribution in [0.2, 0.25) is 0 Å². The van der Waals surface area contributed by atoms with Crippen molar-refractivity contribution < 1.29 is 8.42 Å². The molecule has 27 heavy (non-hydrogen) atoms. The molecular weight excluding hydrogens is 362 g/mol. The van der Waals surface area contributed by atoms with E-state index in [4.69, 9.17) is 0 Å². The monoisotopic (exact) mass is 383 g/mol. The molecule has 0 amide bonds. The van der Waals surface area contributed by atoms with Crippen LogP contribution in [0.15, 0.2) is 54.7 Å². The Balaban J connectivity index is 1.43. The number of rotatable bonds is 4. The largest absolute Gasteiger partial charge is 0.369 e. The minimum atomic E-state index is -3.11. The highest BCUT2D eigenvalue weighted by Crippen LogP contribution is 2.22. The van der Waals surface area contributed by atoms with E-state index in [2.05, 4.69) is 20.2 Å². The second-order valence-electron chi connectivity index (χ2n) is 6.57. The molecule has 7 nitrogen and oxygen atoms in total. The summed E-state index contributed by atoms with van der Waals surface area (Å²) in [6, 6.07) is 15.9. The van der Waals surface area contributed by atoms with E-state index in [1.165, 1.54) is 10.6 Å². The van der Waals surface area contributed by atoms with Crippen molar-refractivity contribution in [1.29, 1.82) is 0 Å². The molecule has 8 heteroatoms. The zero-order chi connectivity index (χ0) is 18.9. The van der Waals surface area contributed by atoms with E-state index in [1.807, 2.05) is 48.5 Å². The topological polar surface area (TPSA) is 78.4 Å². The van der Waals surface area contributed by atoms with E-state index >= 15 is 0 Å². The lowest BCUT2D eigenvalue weighted by molar-refractivity contribution is 0.388. The van der Waals surface area contributed by atoms with Gasteiger partial charge in [-0.15, -0.1) is 0 Å². The molecule has 0 aliphatic carbocycles. The van der Waals surface area contributed by atoms with Gasteiger partial charge in [-0.3, -0.25) is 0 Å². The average molecular weight is 383 g/mol. The highest BCUT2D eigenvalue weighted by atomic mass is 32.2. The van der Waals surface area contributed by atoms with Crippen molar-refractivity contribution in [3.05, 3.63) is 54.7 Å². The van der Waals surface area contributed by atoms with Crippen molar-refractivity contribution in [3.8, 4) is 0 Å². The molecule has 3 aromatic rings. The first kappa shape index (κ1) is 17.7. The van der Waals surface area contributed by atoms with Gasteiger partial charge in [0.2, 0.25) is 16.0 Å². The maximum atomic E-state index is 11.6. The van der Waals surface area contributed by atoms with E-state index in [-0.39, 0.29) is 0 Å². The number of para-hydroxylation sites is 1. The van der Waals surface area contributed by atoms with Crippen LogP contribution in [0.25, 0.3) is 10.9 Å². The van der Waals surface area contributed by atoms with Gasteiger partial charge >= 0.3 is 0 Å². The molecule has 2 heterocycles. The number of fused-ring (bicyclic) bond motifs is 1. The second-order valence-corrected chi connectivity index (χ2v) is 8.56. The van der Waals surface area contributed by atoms with Crippen LogP contribution >= 0.6 is 0 Å². The average Bonchev–Trinajstić information content (AvgIpc) is 2.68. The van der Waals surface area contributed by atoms with Gasteiger partial charge in [0, 0.05) is 49.1 Å². The van der Waals surface area contributed by atoms with Gasteiger partial charge in [0.1, 0.15) is 0 Å². The molecule has 0 bridgehead atoms. The number of piperazine rings is 1.